The Hall–Kier alpha value is -1.12. The highest BCUT2D eigenvalue weighted by molar-refractivity contribution is 5.97. The number of esters is 2. The maximum absolute atomic E-state index is 11.3. The van der Waals surface area contributed by atoms with Gasteiger partial charge in [0.1, 0.15) is 0 Å². The summed E-state index contributed by atoms with van der Waals surface area (Å²) in [6.45, 7) is 0. The van der Waals surface area contributed by atoms with Gasteiger partial charge in [-0.05, 0) is 24.7 Å². The molecule has 1 heterocycles. The van der Waals surface area contributed by atoms with Gasteiger partial charge in [0, 0.05) is 0 Å². The lowest BCUT2D eigenvalue weighted by Gasteiger charge is -2.37. The topological polar surface area (TPSA) is 43.4 Å². The number of rotatable bonds is 0. The van der Waals surface area contributed by atoms with Gasteiger partial charge in [0.2, 0.25) is 0 Å². The van der Waals surface area contributed by atoms with Crippen LogP contribution >= 0.6 is 0 Å². The molecule has 68 valence electrons. The Morgan fingerprint density at radius 3 is 1.85 bits per heavy atom. The lowest BCUT2D eigenvalue weighted by atomic mass is 9.63. The molecule has 13 heavy (non-hydrogen) atoms. The molecule has 1 aliphatic heterocycles. The molecule has 4 aliphatic rings. The van der Waals surface area contributed by atoms with Crippen LogP contribution in [0.3, 0.4) is 0 Å². The summed E-state index contributed by atoms with van der Waals surface area (Å²) in [7, 11) is 0. The fraction of sp³-hybridized carbons (Fsp3) is 0.600. The van der Waals surface area contributed by atoms with Crippen molar-refractivity contribution in [2.24, 2.45) is 23.7 Å². The van der Waals surface area contributed by atoms with Crippen molar-refractivity contribution < 1.29 is 14.3 Å². The molecule has 0 radical (unpaired) electrons. The van der Waals surface area contributed by atoms with Crippen molar-refractivity contribution in [1.82, 2.24) is 0 Å². The Morgan fingerprint density at radius 1 is 1.00 bits per heavy atom. The average molecular weight is 178 g/mol. The molecule has 0 N–H and O–H groups in total. The molecule has 4 rings (SSSR count). The Balaban J connectivity index is 2.07. The molecule has 4 atom stereocenters. The van der Waals surface area contributed by atoms with Crippen LogP contribution < -0.4 is 0 Å². The first kappa shape index (κ1) is 7.30. The zero-order valence-electron chi connectivity index (χ0n) is 7.10. The first-order valence-electron chi connectivity index (χ1n) is 4.71. The van der Waals surface area contributed by atoms with Crippen molar-refractivity contribution in [2.75, 3.05) is 0 Å². The van der Waals surface area contributed by atoms with E-state index in [1.165, 1.54) is 0 Å². The van der Waals surface area contributed by atoms with Gasteiger partial charge in [-0.3, -0.25) is 9.59 Å². The molecular weight excluding hydrogens is 168 g/mol. The number of allylic oxidation sites excluding steroid dienone is 2. The van der Waals surface area contributed by atoms with Gasteiger partial charge >= 0.3 is 11.9 Å². The van der Waals surface area contributed by atoms with Crippen molar-refractivity contribution in [3.8, 4) is 0 Å². The quantitative estimate of drug-likeness (QED) is 0.314. The number of carbonyl (C=O) groups excluding carboxylic acids is 2. The van der Waals surface area contributed by atoms with E-state index >= 15 is 0 Å². The number of cyclic esters (lactones) is 2. The summed E-state index contributed by atoms with van der Waals surface area (Å²) in [5.74, 6) is -0.390. The third kappa shape index (κ3) is 0.794. The minimum absolute atomic E-state index is 0.156. The first-order chi connectivity index (χ1) is 6.27. The molecule has 0 aromatic carbocycles. The summed E-state index contributed by atoms with van der Waals surface area (Å²) < 4.78 is 4.67. The zero-order valence-corrected chi connectivity index (χ0v) is 7.10. The highest BCUT2D eigenvalue weighted by atomic mass is 16.6. The van der Waals surface area contributed by atoms with Crippen molar-refractivity contribution >= 4 is 11.9 Å². The molecule has 0 unspecified atom stereocenters. The highest BCUT2D eigenvalue weighted by Crippen LogP contribution is 2.48. The summed E-state index contributed by atoms with van der Waals surface area (Å²) in [4.78, 5) is 22.7. The van der Waals surface area contributed by atoms with Crippen LogP contribution in [0.1, 0.15) is 12.8 Å². The van der Waals surface area contributed by atoms with Crippen molar-refractivity contribution in [3.63, 3.8) is 0 Å². The van der Waals surface area contributed by atoms with E-state index in [1.54, 1.807) is 0 Å². The van der Waals surface area contributed by atoms with Crippen LogP contribution in [0.4, 0.5) is 0 Å². The normalized spacial score (nSPS) is 46.5. The Labute approximate surface area is 75.8 Å². The van der Waals surface area contributed by atoms with E-state index in [0.717, 1.165) is 12.8 Å². The molecule has 3 aliphatic carbocycles. The Morgan fingerprint density at radius 2 is 1.46 bits per heavy atom. The number of fused-ring (bicyclic) bond motifs is 1. The predicted molar refractivity (Wildman–Crippen MR) is 43.4 cm³/mol. The molecule has 1 saturated heterocycles. The summed E-state index contributed by atoms with van der Waals surface area (Å²) in [5.41, 5.74) is 0. The van der Waals surface area contributed by atoms with E-state index in [1.807, 2.05) is 0 Å². The van der Waals surface area contributed by atoms with Crippen LogP contribution in [0, 0.1) is 23.7 Å². The lowest BCUT2D eigenvalue weighted by Crippen LogP contribution is -2.38. The van der Waals surface area contributed by atoms with Crippen LogP contribution in [0.15, 0.2) is 12.2 Å². The summed E-state index contributed by atoms with van der Waals surface area (Å²) in [6, 6.07) is 0. The van der Waals surface area contributed by atoms with E-state index in [2.05, 4.69) is 16.9 Å². The summed E-state index contributed by atoms with van der Waals surface area (Å²) in [6.07, 6.45) is 6.22. The van der Waals surface area contributed by atoms with Gasteiger partial charge in [-0.25, -0.2) is 0 Å². The number of ether oxygens (including phenoxy) is 1. The van der Waals surface area contributed by atoms with Crippen LogP contribution in [-0.4, -0.2) is 11.9 Å². The summed E-state index contributed by atoms with van der Waals surface area (Å²) in [5, 5.41) is 0. The molecule has 0 aromatic heterocycles. The molecule has 3 nitrogen and oxygen atoms in total. The molecule has 2 bridgehead atoms. The van der Waals surface area contributed by atoms with Crippen molar-refractivity contribution in [2.45, 2.75) is 12.8 Å². The van der Waals surface area contributed by atoms with Gasteiger partial charge in [0.25, 0.3) is 0 Å². The average Bonchev–Trinajstić information content (AvgIpc) is 2.47. The molecule has 2 fully saturated rings. The van der Waals surface area contributed by atoms with Gasteiger partial charge in [-0.15, -0.1) is 0 Å². The van der Waals surface area contributed by atoms with Gasteiger partial charge in [0.05, 0.1) is 11.8 Å². The Bertz CT molecular complexity index is 288. The molecule has 0 aromatic rings. The molecule has 0 spiro atoms. The van der Waals surface area contributed by atoms with Gasteiger partial charge in [-0.1, -0.05) is 12.2 Å². The smallest absolute Gasteiger partial charge is 0.318 e. The molecular formula is C10H10O3. The highest BCUT2D eigenvalue weighted by Gasteiger charge is 2.54. The second-order valence-corrected chi connectivity index (χ2v) is 4.08. The Kier molecular flexibility index (Phi) is 1.25. The standard InChI is InChI=1S/C10H10O3/c11-9-7-5-1-2-6(4-3-5)8(7)10(12)13-9/h1-2,5-8H,3-4H2/t5-,6+,7-,8+. The summed E-state index contributed by atoms with van der Waals surface area (Å²) >= 11 is 0. The van der Waals surface area contributed by atoms with Gasteiger partial charge < -0.3 is 4.74 Å². The lowest BCUT2D eigenvalue weighted by molar-refractivity contribution is -0.154. The van der Waals surface area contributed by atoms with E-state index < -0.39 is 0 Å². The molecule has 3 heteroatoms. The van der Waals surface area contributed by atoms with E-state index in [0.29, 0.717) is 0 Å². The third-order valence-corrected chi connectivity index (χ3v) is 3.49. The second-order valence-electron chi connectivity index (χ2n) is 4.08. The number of hydrogen-bond acceptors (Lipinski definition) is 3. The SMILES string of the molecule is O=C1OC(=O)[C@H]2[C@@H]1[C@H]1C=C[C@@H]2CC1. The molecule has 0 amide bonds. The predicted octanol–water partition coefficient (Wildman–Crippen LogP) is 0.898. The fourth-order valence-corrected chi connectivity index (χ4v) is 2.87. The van der Waals surface area contributed by atoms with Crippen molar-refractivity contribution in [1.29, 1.82) is 0 Å². The zero-order chi connectivity index (χ0) is 9.00. The third-order valence-electron chi connectivity index (χ3n) is 3.49. The van der Waals surface area contributed by atoms with E-state index in [4.69, 9.17) is 0 Å². The van der Waals surface area contributed by atoms with Crippen LogP contribution in [0.5, 0.6) is 0 Å². The number of carbonyl (C=O) groups is 2. The maximum Gasteiger partial charge on any atom is 0.318 e. The van der Waals surface area contributed by atoms with Gasteiger partial charge in [0.15, 0.2) is 0 Å². The minimum Gasteiger partial charge on any atom is -0.393 e. The van der Waals surface area contributed by atoms with E-state index in [9.17, 15) is 9.59 Å². The first-order valence-corrected chi connectivity index (χ1v) is 4.71. The second kappa shape index (κ2) is 2.22. The van der Waals surface area contributed by atoms with Crippen molar-refractivity contribution in [3.05, 3.63) is 12.2 Å². The monoisotopic (exact) mass is 178 g/mol. The van der Waals surface area contributed by atoms with Crippen LogP contribution in [-0.2, 0) is 14.3 Å². The number of hydrogen-bond donors (Lipinski definition) is 0. The molecule has 1 saturated carbocycles. The van der Waals surface area contributed by atoms with Crippen LogP contribution in [0.2, 0.25) is 0 Å². The maximum atomic E-state index is 11.3. The minimum atomic E-state index is -0.297. The van der Waals surface area contributed by atoms with E-state index in [-0.39, 0.29) is 35.6 Å². The van der Waals surface area contributed by atoms with Crippen LogP contribution in [0.25, 0.3) is 0 Å². The largest absolute Gasteiger partial charge is 0.393 e. The fourth-order valence-electron chi connectivity index (χ4n) is 2.87. The van der Waals surface area contributed by atoms with Gasteiger partial charge in [-0.2, -0.15) is 0 Å².